The lowest BCUT2D eigenvalue weighted by molar-refractivity contribution is 0.101. The van der Waals surface area contributed by atoms with Crippen LogP contribution in [0.1, 0.15) is 78.8 Å². The predicted molar refractivity (Wildman–Crippen MR) is 155 cm³/mol. The molecule has 1 fully saturated rings. The molecule has 1 aromatic heterocycles. The molecule has 2 atom stereocenters. The molecule has 0 bridgehead atoms. The van der Waals surface area contributed by atoms with Crippen LogP contribution in [0.25, 0.3) is 11.1 Å². The highest BCUT2D eigenvalue weighted by atomic mass is 16.5. The highest BCUT2D eigenvalue weighted by Crippen LogP contribution is 2.29. The topological polar surface area (TPSA) is 64.1 Å². The van der Waals surface area contributed by atoms with Gasteiger partial charge in [-0.2, -0.15) is 0 Å². The second-order valence-electron chi connectivity index (χ2n) is 10.2. The molecule has 0 radical (unpaired) electrons. The van der Waals surface area contributed by atoms with Crippen LogP contribution in [0, 0.1) is 6.92 Å². The molecule has 3 aromatic rings. The summed E-state index contributed by atoms with van der Waals surface area (Å²) in [6.45, 7) is 10.4. The first-order valence-corrected chi connectivity index (χ1v) is 13.6. The third kappa shape index (κ3) is 7.33. The van der Waals surface area contributed by atoms with Crippen LogP contribution in [-0.4, -0.2) is 41.6 Å². The molecule has 1 aliphatic rings. The quantitative estimate of drug-likeness (QED) is 0.175. The number of ether oxygens (including phenoxy) is 1. The van der Waals surface area contributed by atoms with Gasteiger partial charge in [0.25, 0.3) is 0 Å². The van der Waals surface area contributed by atoms with Crippen LogP contribution in [-0.2, 0) is 4.74 Å². The molecule has 5 nitrogen and oxygen atoms in total. The number of nitrogens with one attached hydrogen (secondary N) is 1. The Labute approximate surface area is 227 Å². The van der Waals surface area contributed by atoms with E-state index in [9.17, 15) is 4.79 Å². The number of nitrogens with zero attached hydrogens (tertiary/aromatic N) is 2. The summed E-state index contributed by atoms with van der Waals surface area (Å²) in [4.78, 5) is 20.6. The van der Waals surface area contributed by atoms with Crippen LogP contribution in [0.5, 0.6) is 0 Å². The van der Waals surface area contributed by atoms with Crippen molar-refractivity contribution in [1.82, 2.24) is 15.3 Å². The number of ketones is 1. The third-order valence-corrected chi connectivity index (χ3v) is 7.41. The van der Waals surface area contributed by atoms with Crippen molar-refractivity contribution in [2.45, 2.75) is 58.9 Å². The van der Waals surface area contributed by atoms with E-state index in [1.807, 2.05) is 30.3 Å². The number of allylic oxidation sites excluding steroid dienone is 4. The predicted octanol–water partition coefficient (Wildman–Crippen LogP) is 6.81. The summed E-state index contributed by atoms with van der Waals surface area (Å²) in [5.41, 5.74) is 7.93. The second-order valence-corrected chi connectivity index (χ2v) is 10.2. The first-order chi connectivity index (χ1) is 18.4. The molecular formula is C33H39N3O2. The van der Waals surface area contributed by atoms with Crippen molar-refractivity contribution in [2.75, 3.05) is 19.8 Å². The van der Waals surface area contributed by atoms with Crippen molar-refractivity contribution in [2.24, 2.45) is 0 Å². The smallest absolute Gasteiger partial charge is 0.159 e. The molecule has 1 aliphatic heterocycles. The highest BCUT2D eigenvalue weighted by Gasteiger charge is 2.28. The minimum Gasteiger partial charge on any atom is -0.380 e. The van der Waals surface area contributed by atoms with Crippen molar-refractivity contribution in [3.05, 3.63) is 107 Å². The lowest BCUT2D eigenvalue weighted by atomic mass is 9.92. The molecule has 5 heteroatoms. The van der Waals surface area contributed by atoms with Crippen LogP contribution in [0.4, 0.5) is 0 Å². The summed E-state index contributed by atoms with van der Waals surface area (Å²) in [6, 6.07) is 18.9. The fourth-order valence-electron chi connectivity index (χ4n) is 5.05. The number of benzene rings is 2. The Kier molecular flexibility index (Phi) is 9.74. The van der Waals surface area contributed by atoms with Crippen LogP contribution in [0.2, 0.25) is 0 Å². The highest BCUT2D eigenvalue weighted by molar-refractivity contribution is 5.94. The van der Waals surface area contributed by atoms with Gasteiger partial charge < -0.3 is 10.1 Å². The molecule has 1 saturated heterocycles. The Hall–Kier alpha value is -3.41. The van der Waals surface area contributed by atoms with Gasteiger partial charge >= 0.3 is 0 Å². The SMILES string of the molecule is CC(=O)c1ccc(/C(C)=C/C(CCCOC[C@H]2NCC[C@@H]2c2ccc(C)cc2)=C(\C)c2ncccn2)cc1. The molecule has 2 aromatic carbocycles. The normalized spacial score (nSPS) is 18.4. The molecule has 2 heterocycles. The molecule has 0 spiro atoms. The molecule has 0 aliphatic carbocycles. The summed E-state index contributed by atoms with van der Waals surface area (Å²) in [6.07, 6.45) is 8.71. The van der Waals surface area contributed by atoms with E-state index in [2.05, 4.69) is 66.4 Å². The van der Waals surface area contributed by atoms with Crippen molar-refractivity contribution in [3.8, 4) is 0 Å². The van der Waals surface area contributed by atoms with Crippen molar-refractivity contribution in [1.29, 1.82) is 0 Å². The minimum atomic E-state index is 0.0776. The van der Waals surface area contributed by atoms with Gasteiger partial charge in [0.1, 0.15) is 0 Å². The average molecular weight is 510 g/mol. The van der Waals surface area contributed by atoms with Gasteiger partial charge in [0.05, 0.1) is 6.61 Å². The van der Waals surface area contributed by atoms with E-state index < -0.39 is 0 Å². The first-order valence-electron chi connectivity index (χ1n) is 13.6. The molecular weight excluding hydrogens is 470 g/mol. The van der Waals surface area contributed by atoms with Gasteiger partial charge in [-0.05, 0) is 87.4 Å². The summed E-state index contributed by atoms with van der Waals surface area (Å²) in [7, 11) is 0. The third-order valence-electron chi connectivity index (χ3n) is 7.41. The van der Waals surface area contributed by atoms with E-state index in [-0.39, 0.29) is 5.78 Å². The summed E-state index contributed by atoms with van der Waals surface area (Å²) in [5.74, 6) is 1.33. The van der Waals surface area contributed by atoms with Gasteiger partial charge in [0.15, 0.2) is 11.6 Å². The van der Waals surface area contributed by atoms with Crippen molar-refractivity contribution < 1.29 is 9.53 Å². The van der Waals surface area contributed by atoms with Crippen molar-refractivity contribution >= 4 is 16.9 Å². The standard InChI is InChI=1S/C33H39N3O2/c1-23-8-10-29(11-9-23)31-16-19-34-32(31)22-38-20-5-7-30(25(3)33-35-17-6-18-36-33)21-24(2)27-12-14-28(15-13-27)26(4)37/h6,8-15,17-18,21,31-32,34H,5,7,16,19-20,22H2,1-4H3/b24-21+,30-25+/t31-,32-/m1/s1. The summed E-state index contributed by atoms with van der Waals surface area (Å²) < 4.78 is 6.19. The number of carbonyl (C=O) groups is 1. The summed E-state index contributed by atoms with van der Waals surface area (Å²) >= 11 is 0. The zero-order valence-corrected chi connectivity index (χ0v) is 23.0. The van der Waals surface area contributed by atoms with E-state index in [1.54, 1.807) is 19.3 Å². The van der Waals surface area contributed by atoms with Crippen LogP contribution in [0.15, 0.2) is 78.6 Å². The van der Waals surface area contributed by atoms with Crippen LogP contribution < -0.4 is 5.32 Å². The Bertz CT molecular complexity index is 1260. The van der Waals surface area contributed by atoms with Gasteiger partial charge in [0.2, 0.25) is 0 Å². The Morgan fingerprint density at radius 2 is 1.68 bits per heavy atom. The van der Waals surface area contributed by atoms with Gasteiger partial charge in [0, 0.05) is 36.5 Å². The monoisotopic (exact) mass is 509 g/mol. The molecule has 0 unspecified atom stereocenters. The Balaban J connectivity index is 1.40. The number of Topliss-reactive ketones (excluding diaryl/α,β-unsaturated/α-hetero) is 1. The van der Waals surface area contributed by atoms with Crippen molar-refractivity contribution in [3.63, 3.8) is 0 Å². The van der Waals surface area contributed by atoms with E-state index >= 15 is 0 Å². The summed E-state index contributed by atoms with van der Waals surface area (Å²) in [5, 5.41) is 3.63. The van der Waals surface area contributed by atoms with E-state index in [1.165, 1.54) is 16.7 Å². The van der Waals surface area contributed by atoms with Crippen LogP contribution >= 0.6 is 0 Å². The zero-order valence-electron chi connectivity index (χ0n) is 23.0. The number of hydrogen-bond donors (Lipinski definition) is 1. The Morgan fingerprint density at radius 1 is 1.00 bits per heavy atom. The van der Waals surface area contributed by atoms with E-state index in [4.69, 9.17) is 4.74 Å². The number of carbonyl (C=O) groups excluding carboxylic acids is 1. The molecule has 0 amide bonds. The number of aromatic nitrogens is 2. The maximum atomic E-state index is 11.7. The molecule has 1 N–H and O–H groups in total. The molecule has 4 rings (SSSR count). The number of aryl methyl sites for hydroxylation is 1. The van der Waals surface area contributed by atoms with Gasteiger partial charge in [-0.1, -0.05) is 60.2 Å². The lowest BCUT2D eigenvalue weighted by Crippen LogP contribution is -2.31. The Morgan fingerprint density at radius 3 is 2.37 bits per heavy atom. The van der Waals surface area contributed by atoms with E-state index in [0.717, 1.165) is 60.5 Å². The number of hydrogen-bond acceptors (Lipinski definition) is 5. The maximum Gasteiger partial charge on any atom is 0.159 e. The molecule has 38 heavy (non-hydrogen) atoms. The van der Waals surface area contributed by atoms with E-state index in [0.29, 0.717) is 18.6 Å². The lowest BCUT2D eigenvalue weighted by Gasteiger charge is -2.20. The average Bonchev–Trinajstić information content (AvgIpc) is 3.41. The van der Waals surface area contributed by atoms with Gasteiger partial charge in [-0.3, -0.25) is 4.79 Å². The maximum absolute atomic E-state index is 11.7. The zero-order chi connectivity index (χ0) is 26.9. The molecule has 198 valence electrons. The fourth-order valence-corrected chi connectivity index (χ4v) is 5.05. The fraction of sp³-hybridized carbons (Fsp3) is 0.364. The van der Waals surface area contributed by atoms with Gasteiger partial charge in [-0.25, -0.2) is 9.97 Å². The second kappa shape index (κ2) is 13.4. The first kappa shape index (κ1) is 27.6. The number of rotatable bonds is 11. The molecule has 0 saturated carbocycles. The van der Waals surface area contributed by atoms with Crippen LogP contribution in [0.3, 0.4) is 0 Å². The van der Waals surface area contributed by atoms with Gasteiger partial charge in [-0.15, -0.1) is 0 Å². The largest absolute Gasteiger partial charge is 0.380 e. The minimum absolute atomic E-state index is 0.0776.